The van der Waals surface area contributed by atoms with E-state index in [4.69, 9.17) is 0 Å². The van der Waals surface area contributed by atoms with Gasteiger partial charge in [-0.25, -0.2) is 0 Å². The van der Waals surface area contributed by atoms with Crippen molar-refractivity contribution in [1.82, 2.24) is 0 Å². The summed E-state index contributed by atoms with van der Waals surface area (Å²) in [4.78, 5) is 0. The molecule has 4 aromatic rings. The standard InChI is InChI=1S/C22H22/c1-11-7-8-17-13(3)10-18-12(2)9-14(4)20-16(6)15(5)19(11)21(17)22(18)20/h7-10H,1-6H3. The van der Waals surface area contributed by atoms with E-state index in [0.717, 1.165) is 0 Å². The van der Waals surface area contributed by atoms with Crippen LogP contribution in [0, 0.1) is 41.5 Å². The molecule has 22 heavy (non-hydrogen) atoms. The number of benzene rings is 4. The van der Waals surface area contributed by atoms with Crippen molar-refractivity contribution in [3.63, 3.8) is 0 Å². The van der Waals surface area contributed by atoms with Crippen molar-refractivity contribution >= 4 is 32.3 Å². The van der Waals surface area contributed by atoms with Gasteiger partial charge >= 0.3 is 0 Å². The molecule has 4 aromatic carbocycles. The van der Waals surface area contributed by atoms with Crippen molar-refractivity contribution in [2.45, 2.75) is 41.5 Å². The molecule has 0 aromatic heterocycles. The smallest absolute Gasteiger partial charge is 0.00183 e. The molecule has 0 spiro atoms. The zero-order chi connectivity index (χ0) is 15.8. The third kappa shape index (κ3) is 1.48. The molecule has 0 fully saturated rings. The Kier molecular flexibility index (Phi) is 2.61. The lowest BCUT2D eigenvalue weighted by molar-refractivity contribution is 1.36. The lowest BCUT2D eigenvalue weighted by Gasteiger charge is -2.21. The first-order valence-corrected chi connectivity index (χ1v) is 8.07. The highest BCUT2D eigenvalue weighted by Crippen LogP contribution is 2.43. The molecule has 0 saturated carbocycles. The molecule has 0 unspecified atom stereocenters. The average molecular weight is 286 g/mol. The van der Waals surface area contributed by atoms with Crippen LogP contribution in [0.25, 0.3) is 32.3 Å². The molecule has 0 saturated heterocycles. The second-order valence-corrected chi connectivity index (χ2v) is 6.93. The summed E-state index contributed by atoms with van der Waals surface area (Å²) in [5.41, 5.74) is 8.44. The minimum absolute atomic E-state index is 1.38. The lowest BCUT2D eigenvalue weighted by atomic mass is 9.82. The lowest BCUT2D eigenvalue weighted by Crippen LogP contribution is -1.97. The molecule has 0 nitrogen and oxygen atoms in total. The highest BCUT2D eigenvalue weighted by Gasteiger charge is 2.18. The molecule has 0 aliphatic carbocycles. The van der Waals surface area contributed by atoms with Crippen LogP contribution in [0.5, 0.6) is 0 Å². The molecule has 0 N–H and O–H groups in total. The van der Waals surface area contributed by atoms with Crippen molar-refractivity contribution < 1.29 is 0 Å². The van der Waals surface area contributed by atoms with E-state index in [1.807, 2.05) is 0 Å². The van der Waals surface area contributed by atoms with Gasteiger partial charge < -0.3 is 0 Å². The topological polar surface area (TPSA) is 0 Å². The van der Waals surface area contributed by atoms with Gasteiger partial charge in [0, 0.05) is 0 Å². The van der Waals surface area contributed by atoms with Crippen LogP contribution < -0.4 is 0 Å². The Balaban J connectivity index is 2.55. The minimum atomic E-state index is 1.38. The Hall–Kier alpha value is -2.08. The van der Waals surface area contributed by atoms with Gasteiger partial charge in [-0.2, -0.15) is 0 Å². The first-order valence-electron chi connectivity index (χ1n) is 8.07. The third-order valence-corrected chi connectivity index (χ3v) is 5.53. The molecular formula is C22H22. The van der Waals surface area contributed by atoms with Crippen LogP contribution in [0.4, 0.5) is 0 Å². The monoisotopic (exact) mass is 286 g/mol. The first-order chi connectivity index (χ1) is 10.4. The average Bonchev–Trinajstić information content (AvgIpc) is 2.46. The molecule has 0 atom stereocenters. The summed E-state index contributed by atoms with van der Waals surface area (Å²) >= 11 is 0. The maximum Gasteiger partial charge on any atom is -0.00183 e. The van der Waals surface area contributed by atoms with Gasteiger partial charge in [0.05, 0.1) is 0 Å². The van der Waals surface area contributed by atoms with Gasteiger partial charge in [0.25, 0.3) is 0 Å². The third-order valence-electron chi connectivity index (χ3n) is 5.53. The van der Waals surface area contributed by atoms with Gasteiger partial charge in [-0.1, -0.05) is 24.3 Å². The van der Waals surface area contributed by atoms with Crippen LogP contribution in [0.3, 0.4) is 0 Å². The van der Waals surface area contributed by atoms with E-state index in [2.05, 4.69) is 65.8 Å². The highest BCUT2D eigenvalue weighted by molar-refractivity contribution is 6.27. The van der Waals surface area contributed by atoms with Crippen molar-refractivity contribution in [3.8, 4) is 0 Å². The highest BCUT2D eigenvalue weighted by atomic mass is 14.2. The molecule has 0 bridgehead atoms. The van der Waals surface area contributed by atoms with E-state index < -0.39 is 0 Å². The number of aryl methyl sites for hydroxylation is 6. The van der Waals surface area contributed by atoms with Crippen LogP contribution in [-0.4, -0.2) is 0 Å². The summed E-state index contributed by atoms with van der Waals surface area (Å²) in [5, 5.41) is 8.69. The Morgan fingerprint density at radius 2 is 1.00 bits per heavy atom. The Morgan fingerprint density at radius 3 is 1.68 bits per heavy atom. The zero-order valence-corrected chi connectivity index (χ0v) is 14.3. The summed E-state index contributed by atoms with van der Waals surface area (Å²) in [6, 6.07) is 9.31. The first kappa shape index (κ1) is 13.6. The SMILES string of the molecule is Cc1cc2c(C)cc(C)c3c(C)c(C)c4c(C)ccc1c4c23. The van der Waals surface area contributed by atoms with Gasteiger partial charge in [0.2, 0.25) is 0 Å². The number of hydrogen-bond donors (Lipinski definition) is 0. The zero-order valence-electron chi connectivity index (χ0n) is 14.3. The Bertz CT molecular complexity index is 1040. The number of hydrogen-bond acceptors (Lipinski definition) is 0. The fourth-order valence-electron chi connectivity index (χ4n) is 4.38. The normalized spacial score (nSPS) is 12.1. The van der Waals surface area contributed by atoms with Crippen LogP contribution >= 0.6 is 0 Å². The van der Waals surface area contributed by atoms with Crippen molar-refractivity contribution in [1.29, 1.82) is 0 Å². The minimum Gasteiger partial charge on any atom is -0.0581 e. The molecule has 110 valence electrons. The molecule has 0 heteroatoms. The largest absolute Gasteiger partial charge is 0.0581 e. The van der Waals surface area contributed by atoms with E-state index >= 15 is 0 Å². The van der Waals surface area contributed by atoms with Crippen LogP contribution in [-0.2, 0) is 0 Å². The van der Waals surface area contributed by atoms with Gasteiger partial charge in [-0.3, -0.25) is 0 Å². The quantitative estimate of drug-likeness (QED) is 0.326. The fourth-order valence-corrected chi connectivity index (χ4v) is 4.38. The predicted molar refractivity (Wildman–Crippen MR) is 98.6 cm³/mol. The molecular weight excluding hydrogens is 264 g/mol. The summed E-state index contributed by atoms with van der Waals surface area (Å²) in [6.07, 6.45) is 0. The second-order valence-electron chi connectivity index (χ2n) is 6.93. The van der Waals surface area contributed by atoms with Crippen molar-refractivity contribution in [2.24, 2.45) is 0 Å². The summed E-state index contributed by atoms with van der Waals surface area (Å²) in [5.74, 6) is 0. The fraction of sp³-hybridized carbons (Fsp3) is 0.273. The van der Waals surface area contributed by atoms with Crippen molar-refractivity contribution in [3.05, 3.63) is 57.6 Å². The van der Waals surface area contributed by atoms with Gasteiger partial charge in [-0.15, -0.1) is 0 Å². The maximum atomic E-state index is 2.38. The second kappa shape index (κ2) is 4.23. The summed E-state index contributed by atoms with van der Waals surface area (Å²) in [6.45, 7) is 13.6. The Morgan fingerprint density at radius 1 is 0.455 bits per heavy atom. The van der Waals surface area contributed by atoms with Crippen LogP contribution in [0.15, 0.2) is 24.3 Å². The van der Waals surface area contributed by atoms with Gasteiger partial charge in [0.15, 0.2) is 0 Å². The van der Waals surface area contributed by atoms with E-state index in [1.54, 1.807) is 0 Å². The molecule has 4 rings (SSSR count). The van der Waals surface area contributed by atoms with E-state index in [9.17, 15) is 0 Å². The summed E-state index contributed by atoms with van der Waals surface area (Å²) < 4.78 is 0. The molecule has 0 amide bonds. The summed E-state index contributed by atoms with van der Waals surface area (Å²) in [7, 11) is 0. The van der Waals surface area contributed by atoms with E-state index in [1.165, 1.54) is 65.7 Å². The van der Waals surface area contributed by atoms with Gasteiger partial charge in [-0.05, 0) is 107 Å². The van der Waals surface area contributed by atoms with E-state index in [-0.39, 0.29) is 0 Å². The van der Waals surface area contributed by atoms with Crippen LogP contribution in [0.1, 0.15) is 33.4 Å². The Labute approximate surface area is 132 Å². The molecule has 0 aliphatic rings. The maximum absolute atomic E-state index is 2.38. The van der Waals surface area contributed by atoms with Gasteiger partial charge in [0.1, 0.15) is 0 Å². The molecule has 0 heterocycles. The molecule has 0 radical (unpaired) electrons. The van der Waals surface area contributed by atoms with Crippen molar-refractivity contribution in [2.75, 3.05) is 0 Å². The number of rotatable bonds is 0. The predicted octanol–water partition coefficient (Wildman–Crippen LogP) is 6.43. The van der Waals surface area contributed by atoms with E-state index in [0.29, 0.717) is 0 Å². The van der Waals surface area contributed by atoms with Crippen LogP contribution in [0.2, 0.25) is 0 Å². The molecule has 0 aliphatic heterocycles.